The fourth-order valence-electron chi connectivity index (χ4n) is 3.14. The molecule has 2 aliphatic rings. The highest BCUT2D eigenvalue weighted by atomic mass is 32.2. The van der Waals surface area contributed by atoms with Crippen molar-refractivity contribution in [1.29, 1.82) is 0 Å². The van der Waals surface area contributed by atoms with E-state index in [9.17, 15) is 5.11 Å². The van der Waals surface area contributed by atoms with E-state index >= 15 is 0 Å². The zero-order valence-electron chi connectivity index (χ0n) is 11.0. The molecule has 1 unspecified atom stereocenters. The second-order valence-corrected chi connectivity index (χ2v) is 7.24. The largest absolute Gasteiger partial charge is 0.493 e. The van der Waals surface area contributed by atoms with Crippen LogP contribution in [-0.4, -0.2) is 23.2 Å². The van der Waals surface area contributed by atoms with Crippen LogP contribution in [0.25, 0.3) is 0 Å². The number of fused-ring (bicyclic) bond motifs is 1. The van der Waals surface area contributed by atoms with E-state index in [1.54, 1.807) is 0 Å². The summed E-state index contributed by atoms with van der Waals surface area (Å²) in [6, 6.07) is 6.19. The molecule has 0 spiro atoms. The third-order valence-electron chi connectivity index (χ3n) is 3.82. The predicted octanol–water partition coefficient (Wildman–Crippen LogP) is 2.97. The molecule has 3 heteroatoms. The fraction of sp³-hybridized carbons (Fsp3) is 0.600. The third-order valence-corrected chi connectivity index (χ3v) is 5.49. The van der Waals surface area contributed by atoms with Gasteiger partial charge in [-0.15, -0.1) is 0 Å². The zero-order valence-corrected chi connectivity index (χ0v) is 11.8. The first-order valence-electron chi connectivity index (χ1n) is 6.56. The van der Waals surface area contributed by atoms with Crippen molar-refractivity contribution in [3.63, 3.8) is 0 Å². The molecule has 0 aromatic heterocycles. The summed E-state index contributed by atoms with van der Waals surface area (Å²) in [5.74, 6) is 2.83. The van der Waals surface area contributed by atoms with Crippen LogP contribution >= 0.6 is 11.8 Å². The van der Waals surface area contributed by atoms with Crippen LogP contribution in [0.4, 0.5) is 0 Å². The lowest BCUT2D eigenvalue weighted by Crippen LogP contribution is -2.40. The first kappa shape index (κ1) is 12.4. The Kier molecular flexibility index (Phi) is 2.87. The van der Waals surface area contributed by atoms with Crippen LogP contribution in [-0.2, 0) is 12.0 Å². The quantitative estimate of drug-likeness (QED) is 0.845. The van der Waals surface area contributed by atoms with Crippen LogP contribution in [0.3, 0.4) is 0 Å². The van der Waals surface area contributed by atoms with Gasteiger partial charge in [-0.05, 0) is 23.2 Å². The number of para-hydroxylation sites is 1. The second kappa shape index (κ2) is 4.17. The maximum atomic E-state index is 11.0. The maximum Gasteiger partial charge on any atom is 0.128 e. The Bertz CT molecular complexity index is 470. The molecule has 1 saturated heterocycles. The van der Waals surface area contributed by atoms with Gasteiger partial charge < -0.3 is 9.84 Å². The van der Waals surface area contributed by atoms with Crippen molar-refractivity contribution in [3.8, 4) is 5.75 Å². The van der Waals surface area contributed by atoms with E-state index in [1.807, 2.05) is 23.9 Å². The number of thioether (sulfide) groups is 1. The summed E-state index contributed by atoms with van der Waals surface area (Å²) >= 11 is 1.84. The summed E-state index contributed by atoms with van der Waals surface area (Å²) in [6.07, 6.45) is 1.78. The van der Waals surface area contributed by atoms with Gasteiger partial charge in [-0.1, -0.05) is 32.0 Å². The van der Waals surface area contributed by atoms with Gasteiger partial charge >= 0.3 is 0 Å². The molecule has 0 radical (unpaired) electrons. The Labute approximate surface area is 113 Å². The molecule has 1 fully saturated rings. The molecule has 1 aromatic rings. The summed E-state index contributed by atoms with van der Waals surface area (Å²) in [7, 11) is 0. The molecule has 0 saturated carbocycles. The monoisotopic (exact) mass is 264 g/mol. The molecule has 1 aromatic carbocycles. The van der Waals surface area contributed by atoms with Gasteiger partial charge in [-0.3, -0.25) is 0 Å². The van der Waals surface area contributed by atoms with E-state index in [1.165, 1.54) is 5.56 Å². The van der Waals surface area contributed by atoms with E-state index in [-0.39, 0.29) is 5.41 Å². The van der Waals surface area contributed by atoms with E-state index in [0.717, 1.165) is 42.3 Å². The Balaban J connectivity index is 2.01. The van der Waals surface area contributed by atoms with Gasteiger partial charge in [0.25, 0.3) is 0 Å². The number of aliphatic hydroxyl groups is 1. The summed E-state index contributed by atoms with van der Waals surface area (Å²) in [4.78, 5) is 0. The molecule has 18 heavy (non-hydrogen) atoms. The van der Waals surface area contributed by atoms with Crippen molar-refractivity contribution < 1.29 is 9.84 Å². The molecule has 2 heterocycles. The number of rotatable bonds is 1. The fourth-order valence-corrected chi connectivity index (χ4v) is 4.50. The Morgan fingerprint density at radius 1 is 1.28 bits per heavy atom. The number of hydrogen-bond acceptors (Lipinski definition) is 3. The maximum absolute atomic E-state index is 11.0. The van der Waals surface area contributed by atoms with Gasteiger partial charge in [-0.2, -0.15) is 11.8 Å². The van der Waals surface area contributed by atoms with Crippen LogP contribution in [0.1, 0.15) is 31.4 Å². The minimum absolute atomic E-state index is 0.180. The van der Waals surface area contributed by atoms with Crippen LogP contribution in [0.15, 0.2) is 18.2 Å². The lowest BCUT2D eigenvalue weighted by molar-refractivity contribution is 0.0136. The molecule has 0 bridgehead atoms. The van der Waals surface area contributed by atoms with Gasteiger partial charge in [0.2, 0.25) is 0 Å². The van der Waals surface area contributed by atoms with Crippen LogP contribution < -0.4 is 4.74 Å². The smallest absolute Gasteiger partial charge is 0.128 e. The first-order chi connectivity index (χ1) is 8.50. The SMILES string of the molecule is CC1(C)CSCC(O)(c2cccc3c2OCC3)C1. The van der Waals surface area contributed by atoms with Crippen molar-refractivity contribution in [1.82, 2.24) is 0 Å². The lowest BCUT2D eigenvalue weighted by atomic mass is 9.78. The number of benzene rings is 1. The Morgan fingerprint density at radius 2 is 2.11 bits per heavy atom. The predicted molar refractivity (Wildman–Crippen MR) is 75.3 cm³/mol. The first-order valence-corrected chi connectivity index (χ1v) is 7.71. The third kappa shape index (κ3) is 2.04. The van der Waals surface area contributed by atoms with Crippen LogP contribution in [0.5, 0.6) is 5.75 Å². The molecular formula is C15H20O2S. The number of ether oxygens (including phenoxy) is 1. The molecule has 3 rings (SSSR count). The average molecular weight is 264 g/mol. The van der Waals surface area contributed by atoms with E-state index in [2.05, 4.69) is 19.9 Å². The summed E-state index contributed by atoms with van der Waals surface area (Å²) in [6.45, 7) is 5.21. The molecule has 2 aliphatic heterocycles. The zero-order chi connectivity index (χ0) is 12.8. The van der Waals surface area contributed by atoms with E-state index in [4.69, 9.17) is 4.74 Å². The Morgan fingerprint density at radius 3 is 2.89 bits per heavy atom. The van der Waals surface area contributed by atoms with Gasteiger partial charge in [-0.25, -0.2) is 0 Å². The molecule has 98 valence electrons. The van der Waals surface area contributed by atoms with E-state index in [0.29, 0.717) is 0 Å². The molecule has 1 N–H and O–H groups in total. The summed E-state index contributed by atoms with van der Waals surface area (Å²) < 4.78 is 5.75. The molecule has 0 aliphatic carbocycles. The highest BCUT2D eigenvalue weighted by Gasteiger charge is 2.42. The summed E-state index contributed by atoms with van der Waals surface area (Å²) in [5.41, 5.74) is 1.69. The van der Waals surface area contributed by atoms with Gasteiger partial charge in [0.1, 0.15) is 11.4 Å². The highest BCUT2D eigenvalue weighted by Crippen LogP contribution is 2.48. The molecule has 0 amide bonds. The highest BCUT2D eigenvalue weighted by molar-refractivity contribution is 7.99. The van der Waals surface area contributed by atoms with Gasteiger partial charge in [0.15, 0.2) is 0 Å². The number of hydrogen-bond donors (Lipinski definition) is 1. The minimum Gasteiger partial charge on any atom is -0.493 e. The second-order valence-electron chi connectivity index (χ2n) is 6.26. The standard InChI is InChI=1S/C15H20O2S/c1-14(2)8-15(16,10-18-9-14)12-5-3-4-11-6-7-17-13(11)12/h3-5,16H,6-10H2,1-2H3. The van der Waals surface area contributed by atoms with Gasteiger partial charge in [0.05, 0.1) is 6.61 Å². The topological polar surface area (TPSA) is 29.5 Å². The van der Waals surface area contributed by atoms with Crippen LogP contribution in [0.2, 0.25) is 0 Å². The molecule has 2 nitrogen and oxygen atoms in total. The van der Waals surface area contributed by atoms with Crippen molar-refractivity contribution in [2.75, 3.05) is 18.1 Å². The minimum atomic E-state index is -0.734. The van der Waals surface area contributed by atoms with Gasteiger partial charge in [0, 0.05) is 17.7 Å². The lowest BCUT2D eigenvalue weighted by Gasteiger charge is -2.41. The van der Waals surface area contributed by atoms with Crippen molar-refractivity contribution in [2.24, 2.45) is 5.41 Å². The van der Waals surface area contributed by atoms with Crippen molar-refractivity contribution >= 4 is 11.8 Å². The molecule has 1 atom stereocenters. The van der Waals surface area contributed by atoms with Crippen molar-refractivity contribution in [3.05, 3.63) is 29.3 Å². The molecular weight excluding hydrogens is 244 g/mol. The normalized spacial score (nSPS) is 29.7. The van der Waals surface area contributed by atoms with Crippen LogP contribution in [0, 0.1) is 5.41 Å². The Hall–Kier alpha value is -0.670. The average Bonchev–Trinajstić information content (AvgIpc) is 2.74. The van der Waals surface area contributed by atoms with E-state index < -0.39 is 5.60 Å². The summed E-state index contributed by atoms with van der Waals surface area (Å²) in [5, 5.41) is 11.0. The van der Waals surface area contributed by atoms with Crippen molar-refractivity contribution in [2.45, 2.75) is 32.3 Å².